The predicted molar refractivity (Wildman–Crippen MR) is 95.7 cm³/mol. The molecule has 130 valence electrons. The Balaban J connectivity index is 1.79. The summed E-state index contributed by atoms with van der Waals surface area (Å²) in [6, 6.07) is 8.22. The summed E-state index contributed by atoms with van der Waals surface area (Å²) >= 11 is 0. The van der Waals surface area contributed by atoms with Crippen molar-refractivity contribution in [3.8, 4) is 11.4 Å². The number of morpholine rings is 1. The van der Waals surface area contributed by atoms with Gasteiger partial charge in [0, 0.05) is 31.5 Å². The van der Waals surface area contributed by atoms with Crippen molar-refractivity contribution in [3.63, 3.8) is 0 Å². The average Bonchev–Trinajstić information content (AvgIpc) is 3.27. The summed E-state index contributed by atoms with van der Waals surface area (Å²) in [7, 11) is 0. The van der Waals surface area contributed by atoms with Crippen LogP contribution in [0.15, 0.2) is 43.0 Å². The molecule has 0 N–H and O–H groups in total. The Labute approximate surface area is 146 Å². The van der Waals surface area contributed by atoms with Crippen LogP contribution in [0.25, 0.3) is 16.9 Å². The standard InChI is InChI=1S/C19H22N4O2/c1-14(2)22-12-16(20-13-22)18-11-15(17-5-3-4-6-23(17)18)19(24)21-7-9-25-10-8-21/h3-6,11-14H,7-10H2,1-2H3. The highest BCUT2D eigenvalue weighted by Gasteiger charge is 2.23. The minimum atomic E-state index is 0.0570. The van der Waals surface area contributed by atoms with Crippen molar-refractivity contribution >= 4 is 11.4 Å². The molecule has 3 aromatic rings. The van der Waals surface area contributed by atoms with Gasteiger partial charge in [0.25, 0.3) is 5.91 Å². The van der Waals surface area contributed by atoms with Crippen molar-refractivity contribution in [2.24, 2.45) is 0 Å². The van der Waals surface area contributed by atoms with E-state index in [1.165, 1.54) is 0 Å². The van der Waals surface area contributed by atoms with Crippen molar-refractivity contribution in [2.45, 2.75) is 19.9 Å². The average molecular weight is 338 g/mol. The minimum absolute atomic E-state index is 0.0570. The molecule has 0 spiro atoms. The third-order valence-electron chi connectivity index (χ3n) is 4.67. The zero-order valence-corrected chi connectivity index (χ0v) is 14.6. The second-order valence-electron chi connectivity index (χ2n) is 6.60. The van der Waals surface area contributed by atoms with Crippen LogP contribution in [-0.2, 0) is 4.74 Å². The van der Waals surface area contributed by atoms with E-state index in [1.54, 1.807) is 0 Å². The second kappa shape index (κ2) is 6.37. The number of hydrogen-bond donors (Lipinski definition) is 0. The Morgan fingerprint density at radius 2 is 2.04 bits per heavy atom. The maximum atomic E-state index is 13.0. The lowest BCUT2D eigenvalue weighted by Crippen LogP contribution is -2.40. The summed E-state index contributed by atoms with van der Waals surface area (Å²) in [5, 5.41) is 0. The molecule has 0 atom stereocenters. The molecular weight excluding hydrogens is 316 g/mol. The SMILES string of the molecule is CC(C)n1cnc(-c2cc(C(=O)N3CCOCC3)c3ccccn23)c1. The van der Waals surface area contributed by atoms with Gasteiger partial charge in [-0.05, 0) is 32.0 Å². The van der Waals surface area contributed by atoms with Crippen LogP contribution < -0.4 is 0 Å². The van der Waals surface area contributed by atoms with Crippen molar-refractivity contribution in [3.05, 3.63) is 48.5 Å². The number of amides is 1. The molecule has 6 nitrogen and oxygen atoms in total. The highest BCUT2D eigenvalue weighted by atomic mass is 16.5. The molecule has 0 aliphatic carbocycles. The molecule has 1 saturated heterocycles. The van der Waals surface area contributed by atoms with Gasteiger partial charge < -0.3 is 18.6 Å². The molecule has 6 heteroatoms. The smallest absolute Gasteiger partial charge is 0.256 e. The zero-order valence-electron chi connectivity index (χ0n) is 14.6. The van der Waals surface area contributed by atoms with E-state index in [0.717, 1.165) is 22.5 Å². The van der Waals surface area contributed by atoms with Crippen LogP contribution in [0.1, 0.15) is 30.2 Å². The molecule has 1 aliphatic rings. The van der Waals surface area contributed by atoms with Gasteiger partial charge in [0.05, 0.1) is 36.3 Å². The first-order chi connectivity index (χ1) is 12.1. The monoisotopic (exact) mass is 338 g/mol. The van der Waals surface area contributed by atoms with Crippen LogP contribution >= 0.6 is 0 Å². The summed E-state index contributed by atoms with van der Waals surface area (Å²) in [5.74, 6) is 0.0570. The molecule has 0 bridgehead atoms. The summed E-state index contributed by atoms with van der Waals surface area (Å²) in [6.45, 7) is 6.72. The lowest BCUT2D eigenvalue weighted by atomic mass is 10.2. The number of hydrogen-bond acceptors (Lipinski definition) is 3. The maximum absolute atomic E-state index is 13.0. The van der Waals surface area contributed by atoms with Crippen LogP contribution in [0, 0.1) is 0 Å². The molecule has 4 rings (SSSR count). The first-order valence-corrected chi connectivity index (χ1v) is 8.66. The van der Waals surface area contributed by atoms with Crippen molar-refractivity contribution in [2.75, 3.05) is 26.3 Å². The number of carbonyl (C=O) groups is 1. The highest BCUT2D eigenvalue weighted by Crippen LogP contribution is 2.27. The van der Waals surface area contributed by atoms with E-state index in [2.05, 4.69) is 23.4 Å². The van der Waals surface area contributed by atoms with Gasteiger partial charge in [-0.15, -0.1) is 0 Å². The molecule has 1 amide bonds. The molecule has 0 unspecified atom stereocenters. The molecular formula is C19H22N4O2. The van der Waals surface area contributed by atoms with E-state index in [-0.39, 0.29) is 5.91 Å². The van der Waals surface area contributed by atoms with Gasteiger partial charge in [0.1, 0.15) is 5.69 Å². The number of carbonyl (C=O) groups excluding carboxylic acids is 1. The third kappa shape index (κ3) is 2.82. The van der Waals surface area contributed by atoms with Gasteiger partial charge in [-0.1, -0.05) is 6.07 Å². The van der Waals surface area contributed by atoms with Crippen LogP contribution in [0.5, 0.6) is 0 Å². The van der Waals surface area contributed by atoms with Gasteiger partial charge in [0.2, 0.25) is 0 Å². The quantitative estimate of drug-likeness (QED) is 0.738. The van der Waals surface area contributed by atoms with E-state index >= 15 is 0 Å². The topological polar surface area (TPSA) is 51.8 Å². The normalized spacial score (nSPS) is 15.2. The fourth-order valence-electron chi connectivity index (χ4n) is 3.21. The molecule has 1 aliphatic heterocycles. The summed E-state index contributed by atoms with van der Waals surface area (Å²) in [6.07, 6.45) is 5.85. The molecule has 3 aromatic heterocycles. The number of rotatable bonds is 3. The van der Waals surface area contributed by atoms with E-state index < -0.39 is 0 Å². The molecule has 25 heavy (non-hydrogen) atoms. The van der Waals surface area contributed by atoms with Crippen LogP contribution in [-0.4, -0.2) is 51.1 Å². The predicted octanol–water partition coefficient (Wildman–Crippen LogP) is 2.86. The fourth-order valence-corrected chi connectivity index (χ4v) is 3.21. The second-order valence-corrected chi connectivity index (χ2v) is 6.60. The van der Waals surface area contributed by atoms with Crippen molar-refractivity contribution in [1.29, 1.82) is 0 Å². The first-order valence-electron chi connectivity index (χ1n) is 8.66. The number of fused-ring (bicyclic) bond motifs is 1. The molecule has 4 heterocycles. The Kier molecular flexibility index (Phi) is 4.05. The number of nitrogens with zero attached hydrogens (tertiary/aromatic N) is 4. The number of pyridine rings is 1. The van der Waals surface area contributed by atoms with Crippen molar-refractivity contribution < 1.29 is 9.53 Å². The minimum Gasteiger partial charge on any atom is -0.378 e. The Morgan fingerprint density at radius 3 is 2.76 bits per heavy atom. The summed E-state index contributed by atoms with van der Waals surface area (Å²) in [4.78, 5) is 19.4. The maximum Gasteiger partial charge on any atom is 0.256 e. The molecule has 0 saturated carbocycles. The Bertz CT molecular complexity index is 903. The Hall–Kier alpha value is -2.60. The number of ether oxygens (including phenoxy) is 1. The molecule has 0 aromatic carbocycles. The van der Waals surface area contributed by atoms with Gasteiger partial charge in [0.15, 0.2) is 0 Å². The van der Waals surface area contributed by atoms with Crippen LogP contribution in [0.2, 0.25) is 0 Å². The third-order valence-corrected chi connectivity index (χ3v) is 4.67. The fraction of sp³-hybridized carbons (Fsp3) is 0.368. The van der Waals surface area contributed by atoms with E-state index in [1.807, 2.05) is 52.3 Å². The van der Waals surface area contributed by atoms with Crippen molar-refractivity contribution in [1.82, 2.24) is 18.9 Å². The first kappa shape index (κ1) is 15.9. The van der Waals surface area contributed by atoms with Crippen LogP contribution in [0.4, 0.5) is 0 Å². The summed E-state index contributed by atoms with van der Waals surface area (Å²) in [5.41, 5.74) is 3.44. The number of imidazole rings is 1. The van der Waals surface area contributed by atoms with Gasteiger partial charge in [-0.3, -0.25) is 4.79 Å². The van der Waals surface area contributed by atoms with Gasteiger partial charge >= 0.3 is 0 Å². The van der Waals surface area contributed by atoms with Crippen LogP contribution in [0.3, 0.4) is 0 Å². The highest BCUT2D eigenvalue weighted by molar-refractivity contribution is 6.02. The van der Waals surface area contributed by atoms with Gasteiger partial charge in [-0.2, -0.15) is 0 Å². The molecule has 1 fully saturated rings. The van der Waals surface area contributed by atoms with E-state index in [4.69, 9.17) is 4.74 Å². The van der Waals surface area contributed by atoms with E-state index in [0.29, 0.717) is 32.3 Å². The van der Waals surface area contributed by atoms with Gasteiger partial charge in [-0.25, -0.2) is 4.98 Å². The molecule has 0 radical (unpaired) electrons. The number of aromatic nitrogens is 3. The van der Waals surface area contributed by atoms with E-state index in [9.17, 15) is 4.79 Å². The Morgan fingerprint density at radius 1 is 1.24 bits per heavy atom. The largest absolute Gasteiger partial charge is 0.378 e. The lowest BCUT2D eigenvalue weighted by Gasteiger charge is -2.26. The lowest BCUT2D eigenvalue weighted by molar-refractivity contribution is 0.0304. The zero-order chi connectivity index (χ0) is 17.4. The summed E-state index contributed by atoms with van der Waals surface area (Å²) < 4.78 is 9.47.